The normalized spacial score (nSPS) is 14.9. The number of aromatic nitrogens is 2. The molecular weight excluding hydrogens is 444 g/mol. The highest BCUT2D eigenvalue weighted by Crippen LogP contribution is 2.23. The van der Waals surface area contributed by atoms with Crippen molar-refractivity contribution in [2.24, 2.45) is 0 Å². The lowest BCUT2D eigenvalue weighted by Gasteiger charge is -2.37. The Hall–Kier alpha value is -3.36. The predicted octanol–water partition coefficient (Wildman–Crippen LogP) is 3.41. The Morgan fingerprint density at radius 2 is 1.83 bits per heavy atom. The van der Waals surface area contributed by atoms with Crippen LogP contribution in [0.25, 0.3) is 11.3 Å². The molecule has 9 nitrogen and oxygen atoms in total. The molecule has 1 saturated heterocycles. The van der Waals surface area contributed by atoms with E-state index in [-0.39, 0.29) is 30.1 Å². The van der Waals surface area contributed by atoms with Gasteiger partial charge in [0.2, 0.25) is 5.91 Å². The summed E-state index contributed by atoms with van der Waals surface area (Å²) in [5, 5.41) is 11.8. The minimum atomic E-state index is -0.360. The Bertz CT molecular complexity index is 997. The standard InChI is InChI=1S/C26H38N6O3/c1-7-19(2)32(25(34)27-26(3,4)5)18-24(33)31-15-13-30(14-16-31)23-12-11-22(28-29-23)20-9-8-10-21(17-20)35-6/h8-12,17,19H,7,13-16,18H2,1-6H3,(H,27,34)/t19-/m1/s1. The second kappa shape index (κ2) is 11.4. The summed E-state index contributed by atoms with van der Waals surface area (Å²) in [6.07, 6.45) is 0.781. The van der Waals surface area contributed by atoms with Crippen LogP contribution < -0.4 is 15.0 Å². The van der Waals surface area contributed by atoms with Crippen molar-refractivity contribution in [1.29, 1.82) is 0 Å². The van der Waals surface area contributed by atoms with E-state index < -0.39 is 0 Å². The molecule has 1 fully saturated rings. The smallest absolute Gasteiger partial charge is 0.318 e. The number of rotatable bonds is 7. The largest absolute Gasteiger partial charge is 0.497 e. The van der Waals surface area contributed by atoms with Gasteiger partial charge in [0.25, 0.3) is 0 Å². The van der Waals surface area contributed by atoms with Crippen LogP contribution in [0.4, 0.5) is 10.6 Å². The number of hydrogen-bond donors (Lipinski definition) is 1. The van der Waals surface area contributed by atoms with Crippen molar-refractivity contribution in [3.63, 3.8) is 0 Å². The number of carbonyl (C=O) groups is 2. The second-order valence-electron chi connectivity index (χ2n) is 9.94. The van der Waals surface area contributed by atoms with Crippen molar-refractivity contribution in [2.75, 3.05) is 44.7 Å². The fraction of sp³-hybridized carbons (Fsp3) is 0.538. The number of nitrogens with zero attached hydrogens (tertiary/aromatic N) is 5. The lowest BCUT2D eigenvalue weighted by molar-refractivity contribution is -0.132. The molecule has 0 aliphatic carbocycles. The first-order valence-electron chi connectivity index (χ1n) is 12.2. The average Bonchev–Trinajstić information content (AvgIpc) is 2.85. The third-order valence-corrected chi connectivity index (χ3v) is 6.14. The van der Waals surface area contributed by atoms with E-state index in [0.29, 0.717) is 26.2 Å². The molecule has 3 rings (SSSR count). The van der Waals surface area contributed by atoms with Crippen molar-refractivity contribution in [3.05, 3.63) is 36.4 Å². The van der Waals surface area contributed by atoms with Crippen molar-refractivity contribution in [1.82, 2.24) is 25.3 Å². The van der Waals surface area contributed by atoms with Crippen LogP contribution in [0.1, 0.15) is 41.0 Å². The molecule has 0 radical (unpaired) electrons. The highest BCUT2D eigenvalue weighted by atomic mass is 16.5. The first-order valence-corrected chi connectivity index (χ1v) is 12.2. The Morgan fingerprint density at radius 1 is 1.11 bits per heavy atom. The summed E-state index contributed by atoms with van der Waals surface area (Å²) in [5.41, 5.74) is 1.36. The molecule has 0 unspecified atom stereocenters. The van der Waals surface area contributed by atoms with Gasteiger partial charge in [0.15, 0.2) is 5.82 Å². The number of methoxy groups -OCH3 is 1. The zero-order valence-corrected chi connectivity index (χ0v) is 21.7. The van der Waals surface area contributed by atoms with Crippen molar-refractivity contribution in [2.45, 2.75) is 52.6 Å². The molecule has 1 atom stereocenters. The van der Waals surface area contributed by atoms with E-state index in [0.717, 1.165) is 29.2 Å². The van der Waals surface area contributed by atoms with Gasteiger partial charge in [0, 0.05) is 43.3 Å². The zero-order chi connectivity index (χ0) is 25.6. The molecule has 190 valence electrons. The van der Waals surface area contributed by atoms with Gasteiger partial charge in [-0.25, -0.2) is 4.79 Å². The molecular formula is C26H38N6O3. The Kier molecular flexibility index (Phi) is 8.53. The third kappa shape index (κ3) is 7.07. The average molecular weight is 483 g/mol. The molecule has 1 aliphatic heterocycles. The van der Waals surface area contributed by atoms with Gasteiger partial charge in [0.1, 0.15) is 12.3 Å². The lowest BCUT2D eigenvalue weighted by Crippen LogP contribution is -2.56. The summed E-state index contributed by atoms with van der Waals surface area (Å²) in [4.78, 5) is 31.4. The first-order chi connectivity index (χ1) is 16.6. The number of carbonyl (C=O) groups excluding carboxylic acids is 2. The number of ether oxygens (including phenoxy) is 1. The van der Waals surface area contributed by atoms with Crippen molar-refractivity contribution < 1.29 is 14.3 Å². The molecule has 2 aromatic rings. The van der Waals surface area contributed by atoms with E-state index >= 15 is 0 Å². The summed E-state index contributed by atoms with van der Waals surface area (Å²) < 4.78 is 5.29. The number of hydrogen-bond acceptors (Lipinski definition) is 6. The summed E-state index contributed by atoms with van der Waals surface area (Å²) in [7, 11) is 1.64. The number of nitrogens with one attached hydrogen (secondary N) is 1. The molecule has 1 N–H and O–H groups in total. The van der Waals surface area contributed by atoms with E-state index in [2.05, 4.69) is 20.4 Å². The second-order valence-corrected chi connectivity index (χ2v) is 9.94. The Labute approximate surface area is 208 Å². The van der Waals surface area contributed by atoms with Crippen molar-refractivity contribution >= 4 is 17.8 Å². The van der Waals surface area contributed by atoms with Crippen LogP contribution in [-0.4, -0.2) is 83.3 Å². The van der Waals surface area contributed by atoms with E-state index in [1.807, 2.05) is 75.9 Å². The molecule has 1 aromatic carbocycles. The Balaban J connectivity index is 1.58. The van der Waals surface area contributed by atoms with E-state index in [1.54, 1.807) is 12.0 Å². The van der Waals surface area contributed by atoms with Gasteiger partial charge in [-0.15, -0.1) is 10.2 Å². The quantitative estimate of drug-likeness (QED) is 0.650. The van der Waals surface area contributed by atoms with E-state index in [4.69, 9.17) is 4.74 Å². The highest BCUT2D eigenvalue weighted by molar-refractivity contribution is 5.84. The monoisotopic (exact) mass is 482 g/mol. The third-order valence-electron chi connectivity index (χ3n) is 6.14. The first kappa shape index (κ1) is 26.2. The van der Waals surface area contributed by atoms with Gasteiger partial charge >= 0.3 is 6.03 Å². The summed E-state index contributed by atoms with van der Waals surface area (Å²) in [6, 6.07) is 11.4. The van der Waals surface area contributed by atoms with Crippen molar-refractivity contribution in [3.8, 4) is 17.0 Å². The maximum Gasteiger partial charge on any atom is 0.318 e. The number of urea groups is 1. The van der Waals surface area contributed by atoms with Gasteiger partial charge in [-0.2, -0.15) is 0 Å². The Morgan fingerprint density at radius 3 is 2.40 bits per heavy atom. The summed E-state index contributed by atoms with van der Waals surface area (Å²) in [6.45, 7) is 12.4. The molecule has 2 heterocycles. The minimum absolute atomic E-state index is 0.0269. The van der Waals surface area contributed by atoms with E-state index in [9.17, 15) is 9.59 Å². The lowest BCUT2D eigenvalue weighted by atomic mass is 10.1. The fourth-order valence-electron chi connectivity index (χ4n) is 3.90. The van der Waals surface area contributed by atoms with Crippen LogP contribution in [0, 0.1) is 0 Å². The molecule has 35 heavy (non-hydrogen) atoms. The molecule has 9 heteroatoms. The van der Waals surface area contributed by atoms with Crippen LogP contribution in [0.5, 0.6) is 5.75 Å². The van der Waals surface area contributed by atoms with E-state index in [1.165, 1.54) is 0 Å². The van der Waals surface area contributed by atoms with Gasteiger partial charge in [-0.1, -0.05) is 19.1 Å². The SMILES string of the molecule is CC[C@@H](C)N(CC(=O)N1CCN(c2ccc(-c3cccc(OC)c3)nn2)CC1)C(=O)NC(C)(C)C. The maximum atomic E-state index is 13.0. The number of anilines is 1. The molecule has 0 spiro atoms. The molecule has 0 bridgehead atoms. The minimum Gasteiger partial charge on any atom is -0.497 e. The van der Waals surface area contributed by atoms with Gasteiger partial charge < -0.3 is 24.8 Å². The summed E-state index contributed by atoms with van der Waals surface area (Å²) >= 11 is 0. The molecule has 1 aliphatic rings. The van der Waals surface area contributed by atoms with Gasteiger partial charge in [-0.3, -0.25) is 4.79 Å². The molecule has 0 saturated carbocycles. The van der Waals surface area contributed by atoms with Gasteiger partial charge in [-0.05, 0) is 58.4 Å². The van der Waals surface area contributed by atoms with Crippen LogP contribution in [0.2, 0.25) is 0 Å². The number of amides is 3. The molecule has 1 aromatic heterocycles. The van der Waals surface area contributed by atoms with Gasteiger partial charge in [0.05, 0.1) is 12.8 Å². The predicted molar refractivity (Wildman–Crippen MR) is 138 cm³/mol. The number of benzene rings is 1. The zero-order valence-electron chi connectivity index (χ0n) is 21.7. The van der Waals surface area contributed by atoms with Crippen LogP contribution in [0.3, 0.4) is 0 Å². The topological polar surface area (TPSA) is 90.9 Å². The maximum absolute atomic E-state index is 13.0. The number of piperazine rings is 1. The summed E-state index contributed by atoms with van der Waals surface area (Å²) in [5.74, 6) is 1.53. The van der Waals surface area contributed by atoms with Crippen LogP contribution in [-0.2, 0) is 4.79 Å². The van der Waals surface area contributed by atoms with Crippen LogP contribution >= 0.6 is 0 Å². The highest BCUT2D eigenvalue weighted by Gasteiger charge is 2.29. The fourth-order valence-corrected chi connectivity index (χ4v) is 3.90. The molecule has 3 amide bonds. The van der Waals surface area contributed by atoms with Crippen LogP contribution in [0.15, 0.2) is 36.4 Å².